The molecule has 2 aromatic carbocycles. The summed E-state index contributed by atoms with van der Waals surface area (Å²) in [6.07, 6.45) is 1.77. The standard InChI is InChI=1S/C17H14N2O2/c18-10-12-7-13(9-14(8-12)21-11-20)15-3-1-5-17-16(15)4-2-6-19-17/h1-9,11H,10,18H2. The van der Waals surface area contributed by atoms with Gasteiger partial charge in [-0.05, 0) is 47.0 Å². The van der Waals surface area contributed by atoms with Gasteiger partial charge >= 0.3 is 0 Å². The quantitative estimate of drug-likeness (QED) is 0.745. The summed E-state index contributed by atoms with van der Waals surface area (Å²) >= 11 is 0. The zero-order chi connectivity index (χ0) is 14.7. The molecule has 0 spiro atoms. The van der Waals surface area contributed by atoms with E-state index in [0.29, 0.717) is 18.8 Å². The number of fused-ring (bicyclic) bond motifs is 1. The van der Waals surface area contributed by atoms with Gasteiger partial charge in [0, 0.05) is 18.1 Å². The van der Waals surface area contributed by atoms with Crippen LogP contribution in [0.1, 0.15) is 5.56 Å². The van der Waals surface area contributed by atoms with E-state index >= 15 is 0 Å². The van der Waals surface area contributed by atoms with E-state index in [1.807, 2.05) is 42.5 Å². The van der Waals surface area contributed by atoms with Gasteiger partial charge in [-0.25, -0.2) is 0 Å². The highest BCUT2D eigenvalue weighted by molar-refractivity contribution is 5.94. The summed E-state index contributed by atoms with van der Waals surface area (Å²) in [5, 5.41) is 1.05. The van der Waals surface area contributed by atoms with Gasteiger partial charge in [0.05, 0.1) is 5.52 Å². The number of hydrogen-bond acceptors (Lipinski definition) is 4. The van der Waals surface area contributed by atoms with Crippen LogP contribution in [-0.4, -0.2) is 11.5 Å². The van der Waals surface area contributed by atoms with Gasteiger partial charge in [0.25, 0.3) is 6.47 Å². The number of carbonyl (C=O) groups is 1. The van der Waals surface area contributed by atoms with Crippen LogP contribution >= 0.6 is 0 Å². The van der Waals surface area contributed by atoms with E-state index in [-0.39, 0.29) is 0 Å². The predicted molar refractivity (Wildman–Crippen MR) is 81.8 cm³/mol. The molecule has 0 aliphatic rings. The zero-order valence-electron chi connectivity index (χ0n) is 11.3. The van der Waals surface area contributed by atoms with E-state index in [0.717, 1.165) is 27.6 Å². The second kappa shape index (κ2) is 5.73. The van der Waals surface area contributed by atoms with Crippen LogP contribution < -0.4 is 10.5 Å². The number of carbonyl (C=O) groups excluding carboxylic acids is 1. The van der Waals surface area contributed by atoms with Crippen LogP contribution in [0, 0.1) is 0 Å². The normalized spacial score (nSPS) is 10.5. The van der Waals surface area contributed by atoms with Gasteiger partial charge in [-0.15, -0.1) is 0 Å². The van der Waals surface area contributed by atoms with Gasteiger partial charge in [0.15, 0.2) is 0 Å². The zero-order valence-corrected chi connectivity index (χ0v) is 11.3. The molecule has 0 saturated carbocycles. The van der Waals surface area contributed by atoms with Crippen molar-refractivity contribution in [2.75, 3.05) is 0 Å². The lowest BCUT2D eigenvalue weighted by Gasteiger charge is -2.10. The van der Waals surface area contributed by atoms with Gasteiger partial charge in [-0.1, -0.05) is 18.2 Å². The number of rotatable bonds is 4. The summed E-state index contributed by atoms with van der Waals surface area (Å²) in [5.74, 6) is 0.490. The van der Waals surface area contributed by atoms with Crippen molar-refractivity contribution in [2.45, 2.75) is 6.54 Å². The van der Waals surface area contributed by atoms with Gasteiger partial charge in [-0.3, -0.25) is 9.78 Å². The number of benzene rings is 2. The molecule has 104 valence electrons. The molecule has 0 saturated heterocycles. The number of pyridine rings is 1. The smallest absolute Gasteiger partial charge is 0.298 e. The molecule has 4 heteroatoms. The summed E-state index contributed by atoms with van der Waals surface area (Å²) in [5.41, 5.74) is 9.53. The maximum atomic E-state index is 10.6. The Morgan fingerprint density at radius 3 is 2.86 bits per heavy atom. The molecule has 0 aliphatic carbocycles. The molecule has 4 nitrogen and oxygen atoms in total. The molecule has 0 atom stereocenters. The predicted octanol–water partition coefficient (Wildman–Crippen LogP) is 2.90. The Labute approximate surface area is 122 Å². The number of hydrogen-bond donors (Lipinski definition) is 1. The first-order valence-electron chi connectivity index (χ1n) is 6.60. The molecule has 1 heterocycles. The first-order valence-corrected chi connectivity index (χ1v) is 6.60. The Bertz CT molecular complexity index is 794. The summed E-state index contributed by atoms with van der Waals surface area (Å²) in [6, 6.07) is 15.5. The van der Waals surface area contributed by atoms with Crippen LogP contribution in [0.5, 0.6) is 5.75 Å². The first-order chi connectivity index (χ1) is 10.3. The monoisotopic (exact) mass is 278 g/mol. The lowest BCUT2D eigenvalue weighted by molar-refractivity contribution is -0.120. The third-order valence-electron chi connectivity index (χ3n) is 3.34. The minimum absolute atomic E-state index is 0.381. The number of aromatic nitrogens is 1. The highest BCUT2D eigenvalue weighted by Gasteiger charge is 2.07. The highest BCUT2D eigenvalue weighted by atomic mass is 16.5. The van der Waals surface area contributed by atoms with Crippen molar-refractivity contribution in [2.24, 2.45) is 5.73 Å². The maximum Gasteiger partial charge on any atom is 0.298 e. The van der Waals surface area contributed by atoms with Crippen LogP contribution in [0.2, 0.25) is 0 Å². The molecule has 0 radical (unpaired) electrons. The average molecular weight is 278 g/mol. The molecule has 21 heavy (non-hydrogen) atoms. The Balaban J connectivity index is 2.22. The van der Waals surface area contributed by atoms with Crippen LogP contribution in [0.4, 0.5) is 0 Å². The molecule has 0 bridgehead atoms. The molecule has 3 aromatic rings. The number of nitrogens with zero attached hydrogens (tertiary/aromatic N) is 1. The van der Waals surface area contributed by atoms with Crippen molar-refractivity contribution >= 4 is 17.4 Å². The lowest BCUT2D eigenvalue weighted by atomic mass is 9.98. The van der Waals surface area contributed by atoms with Crippen LogP contribution in [0.3, 0.4) is 0 Å². The Morgan fingerprint density at radius 1 is 1.14 bits per heavy atom. The van der Waals surface area contributed by atoms with Gasteiger partial charge in [-0.2, -0.15) is 0 Å². The Morgan fingerprint density at radius 2 is 2.05 bits per heavy atom. The van der Waals surface area contributed by atoms with Gasteiger partial charge in [0.1, 0.15) is 5.75 Å². The molecule has 2 N–H and O–H groups in total. The first kappa shape index (κ1) is 13.3. The molecule has 3 rings (SSSR count). The van der Waals surface area contributed by atoms with Crippen LogP contribution in [0.25, 0.3) is 22.0 Å². The fraction of sp³-hybridized carbons (Fsp3) is 0.0588. The summed E-state index contributed by atoms with van der Waals surface area (Å²) < 4.78 is 4.97. The third kappa shape index (κ3) is 2.61. The molecular formula is C17H14N2O2. The van der Waals surface area contributed by atoms with Crippen molar-refractivity contribution < 1.29 is 9.53 Å². The highest BCUT2D eigenvalue weighted by Crippen LogP contribution is 2.31. The summed E-state index contributed by atoms with van der Waals surface area (Å²) in [7, 11) is 0. The topological polar surface area (TPSA) is 65.2 Å². The molecule has 0 aliphatic heterocycles. The molecular weight excluding hydrogens is 264 g/mol. The fourth-order valence-corrected chi connectivity index (χ4v) is 2.41. The van der Waals surface area contributed by atoms with E-state index in [1.165, 1.54) is 0 Å². The molecule has 1 aromatic heterocycles. The van der Waals surface area contributed by atoms with Crippen molar-refractivity contribution in [1.29, 1.82) is 0 Å². The van der Waals surface area contributed by atoms with Crippen LogP contribution in [-0.2, 0) is 11.3 Å². The van der Waals surface area contributed by atoms with E-state index in [4.69, 9.17) is 10.5 Å². The summed E-state index contributed by atoms with van der Waals surface area (Å²) in [6.45, 7) is 0.802. The van der Waals surface area contributed by atoms with E-state index in [2.05, 4.69) is 4.98 Å². The van der Waals surface area contributed by atoms with Crippen molar-refractivity contribution in [3.63, 3.8) is 0 Å². The van der Waals surface area contributed by atoms with Crippen molar-refractivity contribution in [1.82, 2.24) is 4.98 Å². The van der Waals surface area contributed by atoms with Gasteiger partial charge in [0.2, 0.25) is 0 Å². The van der Waals surface area contributed by atoms with Crippen molar-refractivity contribution in [3.05, 3.63) is 60.3 Å². The lowest BCUT2D eigenvalue weighted by Crippen LogP contribution is -1.98. The van der Waals surface area contributed by atoms with E-state index in [9.17, 15) is 4.79 Å². The molecule has 0 amide bonds. The minimum Gasteiger partial charge on any atom is -0.429 e. The SMILES string of the molecule is NCc1cc(OC=O)cc(-c2cccc3ncccc23)c1. The minimum atomic E-state index is 0.381. The van der Waals surface area contributed by atoms with E-state index in [1.54, 1.807) is 12.3 Å². The molecule has 0 fully saturated rings. The Hall–Kier alpha value is -2.72. The number of nitrogens with two attached hydrogens (primary N) is 1. The van der Waals surface area contributed by atoms with E-state index < -0.39 is 0 Å². The summed E-state index contributed by atoms with van der Waals surface area (Å²) in [4.78, 5) is 14.9. The maximum absolute atomic E-state index is 10.6. The fourth-order valence-electron chi connectivity index (χ4n) is 2.41. The molecule has 0 unspecified atom stereocenters. The second-order valence-corrected chi connectivity index (χ2v) is 4.66. The average Bonchev–Trinajstić information content (AvgIpc) is 2.54. The van der Waals surface area contributed by atoms with Crippen LogP contribution in [0.15, 0.2) is 54.7 Å². The third-order valence-corrected chi connectivity index (χ3v) is 3.34. The van der Waals surface area contributed by atoms with Gasteiger partial charge < -0.3 is 10.5 Å². The second-order valence-electron chi connectivity index (χ2n) is 4.66. The number of ether oxygens (including phenoxy) is 1. The largest absolute Gasteiger partial charge is 0.429 e. The van der Waals surface area contributed by atoms with Crippen molar-refractivity contribution in [3.8, 4) is 16.9 Å². The Kier molecular flexibility index (Phi) is 3.62.